The van der Waals surface area contributed by atoms with Gasteiger partial charge in [-0.15, -0.1) is 0 Å². The first-order valence-electron chi connectivity index (χ1n) is 12.0. The summed E-state index contributed by atoms with van der Waals surface area (Å²) in [5, 5.41) is 1.41. The number of piperazine rings is 2. The molecule has 0 unspecified atom stereocenters. The van der Waals surface area contributed by atoms with Crippen LogP contribution in [-0.4, -0.2) is 79.0 Å². The maximum atomic E-state index is 13.0. The molecule has 1 aromatic heterocycles. The SMILES string of the molecule is O=C(c1ccc(C(=O)N2CCN(c3cccc(Cl)c3)CC2)nc1)N1CCN(c2cccc(Cl)c2)CC1. The Labute approximate surface area is 220 Å². The standard InChI is InChI=1S/C27H27Cl2N5O2/c28-21-3-1-5-23(17-21)31-9-13-33(14-10-31)26(35)20-7-8-25(30-19-20)27(36)34-15-11-32(12-16-34)24-6-2-4-22(29)18-24/h1-8,17-19H,9-16H2. The fraction of sp³-hybridized carbons (Fsp3) is 0.296. The van der Waals surface area contributed by atoms with Gasteiger partial charge in [0.15, 0.2) is 0 Å². The molecule has 0 spiro atoms. The van der Waals surface area contributed by atoms with Crippen LogP contribution in [0.3, 0.4) is 0 Å². The van der Waals surface area contributed by atoms with Gasteiger partial charge in [0.2, 0.25) is 0 Å². The molecule has 2 aromatic carbocycles. The molecule has 9 heteroatoms. The number of aromatic nitrogens is 1. The Morgan fingerprint density at radius 3 is 1.58 bits per heavy atom. The summed E-state index contributed by atoms with van der Waals surface area (Å²) in [6.07, 6.45) is 1.52. The predicted molar refractivity (Wildman–Crippen MR) is 143 cm³/mol. The van der Waals surface area contributed by atoms with Gasteiger partial charge in [-0.1, -0.05) is 35.3 Å². The van der Waals surface area contributed by atoms with Crippen LogP contribution < -0.4 is 9.80 Å². The zero-order valence-electron chi connectivity index (χ0n) is 19.8. The van der Waals surface area contributed by atoms with Crippen molar-refractivity contribution in [3.63, 3.8) is 0 Å². The van der Waals surface area contributed by atoms with Crippen LogP contribution in [0, 0.1) is 0 Å². The lowest BCUT2D eigenvalue weighted by Crippen LogP contribution is -2.49. The Morgan fingerprint density at radius 1 is 0.639 bits per heavy atom. The largest absolute Gasteiger partial charge is 0.368 e. The third kappa shape index (κ3) is 5.42. The first-order valence-corrected chi connectivity index (χ1v) is 12.8. The van der Waals surface area contributed by atoms with E-state index in [2.05, 4.69) is 14.8 Å². The molecule has 0 N–H and O–H groups in total. The summed E-state index contributed by atoms with van der Waals surface area (Å²) >= 11 is 12.2. The molecule has 2 fully saturated rings. The van der Waals surface area contributed by atoms with Crippen LogP contribution in [-0.2, 0) is 0 Å². The van der Waals surface area contributed by atoms with Crippen molar-refractivity contribution in [3.05, 3.63) is 88.2 Å². The van der Waals surface area contributed by atoms with E-state index in [1.807, 2.05) is 53.4 Å². The average Bonchev–Trinajstić information content (AvgIpc) is 2.92. The molecule has 5 rings (SSSR count). The molecule has 2 amide bonds. The van der Waals surface area contributed by atoms with Crippen molar-refractivity contribution in [2.75, 3.05) is 62.2 Å². The normalized spacial score (nSPS) is 16.3. The van der Waals surface area contributed by atoms with Crippen LogP contribution in [0.1, 0.15) is 20.8 Å². The van der Waals surface area contributed by atoms with Gasteiger partial charge in [-0.3, -0.25) is 14.6 Å². The highest BCUT2D eigenvalue weighted by Crippen LogP contribution is 2.23. The molecule has 186 valence electrons. The maximum Gasteiger partial charge on any atom is 0.272 e. The molecule has 3 heterocycles. The van der Waals surface area contributed by atoms with Crippen LogP contribution in [0.15, 0.2) is 66.9 Å². The van der Waals surface area contributed by atoms with Crippen molar-refractivity contribution < 1.29 is 9.59 Å². The molecule has 36 heavy (non-hydrogen) atoms. The second-order valence-electron chi connectivity index (χ2n) is 8.95. The number of rotatable bonds is 4. The lowest BCUT2D eigenvalue weighted by Gasteiger charge is -2.36. The van der Waals surface area contributed by atoms with Gasteiger partial charge in [-0.25, -0.2) is 0 Å². The van der Waals surface area contributed by atoms with Gasteiger partial charge in [0, 0.05) is 80.0 Å². The number of amides is 2. The fourth-order valence-electron chi connectivity index (χ4n) is 4.67. The van der Waals surface area contributed by atoms with Crippen LogP contribution in [0.25, 0.3) is 0 Å². The number of anilines is 2. The summed E-state index contributed by atoms with van der Waals surface area (Å²) in [6.45, 7) is 5.35. The summed E-state index contributed by atoms with van der Waals surface area (Å²) in [5.41, 5.74) is 2.97. The topological polar surface area (TPSA) is 60.0 Å². The predicted octanol–water partition coefficient (Wildman–Crippen LogP) is 4.31. The molecule has 2 saturated heterocycles. The van der Waals surface area contributed by atoms with Gasteiger partial charge in [-0.05, 0) is 48.5 Å². The van der Waals surface area contributed by atoms with E-state index in [1.165, 1.54) is 6.20 Å². The Bertz CT molecular complexity index is 1140. The minimum atomic E-state index is -0.116. The second kappa shape index (κ2) is 10.8. The van der Waals surface area contributed by atoms with E-state index in [4.69, 9.17) is 23.2 Å². The van der Waals surface area contributed by atoms with Crippen molar-refractivity contribution >= 4 is 46.4 Å². The van der Waals surface area contributed by atoms with Gasteiger partial charge >= 0.3 is 0 Å². The van der Waals surface area contributed by atoms with E-state index in [-0.39, 0.29) is 11.8 Å². The third-order valence-electron chi connectivity index (χ3n) is 6.71. The van der Waals surface area contributed by atoms with E-state index < -0.39 is 0 Å². The first kappa shape index (κ1) is 24.4. The monoisotopic (exact) mass is 523 g/mol. The highest BCUT2D eigenvalue weighted by molar-refractivity contribution is 6.31. The van der Waals surface area contributed by atoms with E-state index in [1.54, 1.807) is 17.0 Å². The molecule has 2 aliphatic heterocycles. The maximum absolute atomic E-state index is 13.0. The smallest absolute Gasteiger partial charge is 0.272 e. The van der Waals surface area contributed by atoms with E-state index >= 15 is 0 Å². The number of nitrogens with zero attached hydrogens (tertiary/aromatic N) is 5. The Kier molecular flexibility index (Phi) is 7.30. The highest BCUT2D eigenvalue weighted by Gasteiger charge is 2.25. The minimum Gasteiger partial charge on any atom is -0.368 e. The second-order valence-corrected chi connectivity index (χ2v) is 9.82. The minimum absolute atomic E-state index is 0.0672. The van der Waals surface area contributed by atoms with Crippen molar-refractivity contribution in [2.24, 2.45) is 0 Å². The number of pyridine rings is 1. The van der Waals surface area contributed by atoms with Crippen molar-refractivity contribution in [3.8, 4) is 0 Å². The molecule has 0 atom stereocenters. The molecular weight excluding hydrogens is 497 g/mol. The van der Waals surface area contributed by atoms with Gasteiger partial charge in [0.25, 0.3) is 11.8 Å². The quantitative estimate of drug-likeness (QED) is 0.509. The lowest BCUT2D eigenvalue weighted by atomic mass is 10.2. The summed E-state index contributed by atoms with van der Waals surface area (Å²) in [6, 6.07) is 18.9. The zero-order valence-corrected chi connectivity index (χ0v) is 21.3. The number of hydrogen-bond donors (Lipinski definition) is 0. The number of benzene rings is 2. The molecule has 0 bridgehead atoms. The van der Waals surface area contributed by atoms with E-state index in [0.29, 0.717) is 47.5 Å². The summed E-state index contributed by atoms with van der Waals surface area (Å²) < 4.78 is 0. The first-order chi connectivity index (χ1) is 17.5. The number of halogens is 2. The number of carbonyl (C=O) groups excluding carboxylic acids is 2. The number of carbonyl (C=O) groups is 2. The molecule has 2 aliphatic rings. The van der Waals surface area contributed by atoms with Crippen molar-refractivity contribution in [1.29, 1.82) is 0 Å². The van der Waals surface area contributed by atoms with Crippen LogP contribution in [0.4, 0.5) is 11.4 Å². The molecular formula is C27H27Cl2N5O2. The van der Waals surface area contributed by atoms with Gasteiger partial charge in [-0.2, -0.15) is 0 Å². The van der Waals surface area contributed by atoms with Crippen molar-refractivity contribution in [2.45, 2.75) is 0 Å². The summed E-state index contributed by atoms with van der Waals surface area (Å²) in [5.74, 6) is -0.183. The van der Waals surface area contributed by atoms with Gasteiger partial charge in [0.1, 0.15) is 5.69 Å². The Balaban J connectivity index is 1.15. The van der Waals surface area contributed by atoms with Crippen molar-refractivity contribution in [1.82, 2.24) is 14.8 Å². The summed E-state index contributed by atoms with van der Waals surface area (Å²) in [4.78, 5) is 38.4. The van der Waals surface area contributed by atoms with Crippen LogP contribution in [0.5, 0.6) is 0 Å². The average molecular weight is 524 g/mol. The molecule has 3 aromatic rings. The number of hydrogen-bond acceptors (Lipinski definition) is 5. The molecule has 0 radical (unpaired) electrons. The van der Waals surface area contributed by atoms with Gasteiger partial charge < -0.3 is 19.6 Å². The van der Waals surface area contributed by atoms with Crippen LogP contribution >= 0.6 is 23.2 Å². The van der Waals surface area contributed by atoms with E-state index in [9.17, 15) is 9.59 Å². The van der Waals surface area contributed by atoms with Gasteiger partial charge in [0.05, 0.1) is 5.56 Å². The Morgan fingerprint density at radius 2 is 1.14 bits per heavy atom. The molecule has 0 aliphatic carbocycles. The lowest BCUT2D eigenvalue weighted by molar-refractivity contribution is 0.0730. The highest BCUT2D eigenvalue weighted by atomic mass is 35.5. The summed E-state index contributed by atoms with van der Waals surface area (Å²) in [7, 11) is 0. The molecule has 7 nitrogen and oxygen atoms in total. The Hall–Kier alpha value is -3.29. The van der Waals surface area contributed by atoms with Crippen LogP contribution in [0.2, 0.25) is 10.0 Å². The zero-order chi connectivity index (χ0) is 25.1. The van der Waals surface area contributed by atoms with E-state index in [0.717, 1.165) is 37.6 Å². The molecule has 0 saturated carbocycles. The third-order valence-corrected chi connectivity index (χ3v) is 7.18. The fourth-order valence-corrected chi connectivity index (χ4v) is 5.04.